The van der Waals surface area contributed by atoms with E-state index in [0.717, 1.165) is 50.7 Å². The van der Waals surface area contributed by atoms with Crippen molar-refractivity contribution in [3.05, 3.63) is 77.7 Å². The van der Waals surface area contributed by atoms with E-state index >= 15 is 0 Å². The van der Waals surface area contributed by atoms with Crippen LogP contribution in [0.4, 0.5) is 24.7 Å². The molecule has 1 aliphatic rings. The van der Waals surface area contributed by atoms with Crippen molar-refractivity contribution in [3.8, 4) is 11.3 Å². The van der Waals surface area contributed by atoms with Crippen molar-refractivity contribution in [2.45, 2.75) is 77.7 Å². The molecule has 1 N–H and O–H groups in total. The summed E-state index contributed by atoms with van der Waals surface area (Å²) < 4.78 is 47.8. The maximum absolute atomic E-state index is 13.8. The average molecular weight is 592 g/mol. The number of rotatable bonds is 11. The van der Waals surface area contributed by atoms with E-state index in [4.69, 9.17) is 14.7 Å². The summed E-state index contributed by atoms with van der Waals surface area (Å²) in [7, 11) is 0. The maximum atomic E-state index is 13.8. The van der Waals surface area contributed by atoms with Crippen molar-refractivity contribution in [2.75, 3.05) is 25.0 Å². The topological polar surface area (TPSA) is 63.2 Å². The predicted molar refractivity (Wildman–Crippen MR) is 165 cm³/mol. The van der Waals surface area contributed by atoms with Crippen molar-refractivity contribution >= 4 is 22.4 Å². The zero-order chi connectivity index (χ0) is 30.8. The van der Waals surface area contributed by atoms with Gasteiger partial charge in [-0.15, -0.1) is 0 Å². The van der Waals surface area contributed by atoms with Crippen LogP contribution in [0, 0.1) is 0 Å². The molecule has 228 valence electrons. The summed E-state index contributed by atoms with van der Waals surface area (Å²) in [5.41, 5.74) is 1.85. The fourth-order valence-electron chi connectivity index (χ4n) is 5.26. The van der Waals surface area contributed by atoms with Crippen LogP contribution in [0.3, 0.4) is 0 Å². The summed E-state index contributed by atoms with van der Waals surface area (Å²) in [4.78, 5) is 16.1. The molecule has 0 amide bonds. The van der Waals surface area contributed by atoms with E-state index in [0.29, 0.717) is 28.1 Å². The van der Waals surface area contributed by atoms with E-state index in [-0.39, 0.29) is 23.3 Å². The highest BCUT2D eigenvalue weighted by molar-refractivity contribution is 5.93. The van der Waals surface area contributed by atoms with Gasteiger partial charge >= 0.3 is 6.18 Å². The number of benzene rings is 2. The fourth-order valence-corrected chi connectivity index (χ4v) is 5.26. The molecule has 2 aromatic heterocycles. The first kappa shape index (κ1) is 30.9. The number of pyridine rings is 1. The van der Waals surface area contributed by atoms with Crippen molar-refractivity contribution in [1.29, 1.82) is 0 Å². The zero-order valence-corrected chi connectivity index (χ0v) is 25.6. The molecule has 2 aromatic carbocycles. The summed E-state index contributed by atoms with van der Waals surface area (Å²) in [5.74, 6) is 1.05. The van der Waals surface area contributed by atoms with Crippen LogP contribution in [-0.4, -0.2) is 45.1 Å². The quantitative estimate of drug-likeness (QED) is 0.189. The van der Waals surface area contributed by atoms with E-state index in [1.54, 1.807) is 18.2 Å². The lowest BCUT2D eigenvalue weighted by Crippen LogP contribution is -2.28. The number of hydrogen-bond donors (Lipinski definition) is 1. The van der Waals surface area contributed by atoms with Crippen molar-refractivity contribution in [1.82, 2.24) is 19.9 Å². The molecule has 6 nitrogen and oxygen atoms in total. The second-order valence-corrected chi connectivity index (χ2v) is 12.3. The van der Waals surface area contributed by atoms with Crippen LogP contribution in [0.1, 0.15) is 70.8 Å². The predicted octanol–water partition coefficient (Wildman–Crippen LogP) is 8.53. The molecule has 2 heterocycles. The fraction of sp³-hybridized carbons (Fsp3) is 0.441. The Hall–Kier alpha value is -3.56. The Morgan fingerprint density at radius 2 is 1.67 bits per heavy atom. The number of halogens is 3. The molecule has 0 aliphatic heterocycles. The lowest BCUT2D eigenvalue weighted by Gasteiger charge is -2.22. The Bertz CT molecular complexity index is 1560. The molecule has 1 saturated carbocycles. The Morgan fingerprint density at radius 1 is 0.953 bits per heavy atom. The van der Waals surface area contributed by atoms with Crippen molar-refractivity contribution < 1.29 is 17.9 Å². The van der Waals surface area contributed by atoms with Gasteiger partial charge in [0, 0.05) is 29.4 Å². The van der Waals surface area contributed by atoms with E-state index < -0.39 is 11.7 Å². The monoisotopic (exact) mass is 591 g/mol. The largest absolute Gasteiger partial charge is 0.418 e. The third-order valence-corrected chi connectivity index (χ3v) is 8.24. The number of anilines is 2. The average Bonchev–Trinajstić information content (AvgIpc) is 3.76. The van der Waals surface area contributed by atoms with E-state index in [2.05, 4.69) is 62.0 Å². The normalized spacial score (nSPS) is 14.8. The number of aromatic nitrogens is 3. The number of hydrogen-bond acceptors (Lipinski definition) is 6. The third-order valence-electron chi connectivity index (χ3n) is 8.24. The molecule has 0 atom stereocenters. The summed E-state index contributed by atoms with van der Waals surface area (Å²) in [6.45, 7) is 14.0. The maximum Gasteiger partial charge on any atom is 0.418 e. The molecule has 0 unspecified atom stereocenters. The minimum absolute atomic E-state index is 0.0197. The molecule has 0 radical (unpaired) electrons. The van der Waals surface area contributed by atoms with Crippen molar-refractivity contribution in [2.24, 2.45) is 0 Å². The Kier molecular flexibility index (Phi) is 8.77. The molecule has 1 fully saturated rings. The molecule has 9 heteroatoms. The van der Waals surface area contributed by atoms with Gasteiger partial charge in [-0.25, -0.2) is 9.97 Å². The van der Waals surface area contributed by atoms with Gasteiger partial charge in [0.2, 0.25) is 0 Å². The summed E-state index contributed by atoms with van der Waals surface area (Å²) in [6, 6.07) is 15.6. The summed E-state index contributed by atoms with van der Waals surface area (Å²) in [5, 5.41) is 4.11. The highest BCUT2D eigenvalue weighted by Crippen LogP contribution is 2.43. The van der Waals surface area contributed by atoms with Gasteiger partial charge in [0.25, 0.3) is 0 Å². The number of nitrogens with zero attached hydrogens (tertiary/aromatic N) is 4. The van der Waals surface area contributed by atoms with Gasteiger partial charge in [-0.2, -0.15) is 13.2 Å². The number of fused-ring (bicyclic) bond motifs is 1. The molecular formula is C34H40F3N5O. The molecule has 1 aliphatic carbocycles. The Balaban J connectivity index is 1.49. The van der Waals surface area contributed by atoms with Gasteiger partial charge in [-0.05, 0) is 79.7 Å². The number of nitrogens with one attached hydrogen (secondary N) is 1. The molecular weight excluding hydrogens is 551 g/mol. The number of ether oxygens (including phenoxy) is 1. The zero-order valence-electron chi connectivity index (χ0n) is 25.6. The second-order valence-electron chi connectivity index (χ2n) is 12.3. The Morgan fingerprint density at radius 3 is 2.30 bits per heavy atom. The standard InChI is InChI=1S/C34H40F3N5O/c1-6-42(7-2)20-18-33(16-17-33)43-22-29-40-28-21-23(30-27(34(35,36)37)9-8-19-38-30)10-15-26(28)31(41-29)39-25-13-11-24(12-14-25)32(3,4)5/h8-15,19,21H,6-7,16-18,20,22H2,1-5H3,(H,39,40,41). The minimum Gasteiger partial charge on any atom is -0.367 e. The summed E-state index contributed by atoms with van der Waals surface area (Å²) >= 11 is 0. The first-order valence-corrected chi connectivity index (χ1v) is 15.0. The van der Waals surface area contributed by atoms with Gasteiger partial charge < -0.3 is 15.0 Å². The first-order chi connectivity index (χ1) is 20.4. The van der Waals surface area contributed by atoms with Gasteiger partial charge in [0.15, 0.2) is 5.82 Å². The molecule has 43 heavy (non-hydrogen) atoms. The van der Waals surface area contributed by atoms with Crippen molar-refractivity contribution in [3.63, 3.8) is 0 Å². The lowest BCUT2D eigenvalue weighted by molar-refractivity contribution is -0.137. The third kappa shape index (κ3) is 7.33. The lowest BCUT2D eigenvalue weighted by atomic mass is 9.87. The minimum atomic E-state index is -4.53. The van der Waals surface area contributed by atoms with Crippen LogP contribution in [0.2, 0.25) is 0 Å². The van der Waals surface area contributed by atoms with E-state index in [9.17, 15) is 13.2 Å². The van der Waals surface area contributed by atoms with Crippen LogP contribution in [0.25, 0.3) is 22.2 Å². The highest BCUT2D eigenvalue weighted by Gasteiger charge is 2.44. The molecule has 0 saturated heterocycles. The smallest absolute Gasteiger partial charge is 0.367 e. The van der Waals surface area contributed by atoms with Crippen LogP contribution in [0.15, 0.2) is 60.8 Å². The molecule has 4 aromatic rings. The van der Waals surface area contributed by atoms with Crippen LogP contribution in [-0.2, 0) is 22.9 Å². The Labute approximate surface area is 251 Å². The van der Waals surface area contributed by atoms with E-state index in [1.165, 1.54) is 17.8 Å². The highest BCUT2D eigenvalue weighted by atomic mass is 19.4. The van der Waals surface area contributed by atoms with Gasteiger partial charge in [-0.3, -0.25) is 4.98 Å². The van der Waals surface area contributed by atoms with Gasteiger partial charge in [-0.1, -0.05) is 52.8 Å². The molecule has 5 rings (SSSR count). The van der Waals surface area contributed by atoms with Crippen LogP contribution >= 0.6 is 0 Å². The first-order valence-electron chi connectivity index (χ1n) is 15.0. The molecule has 0 bridgehead atoms. The van der Waals surface area contributed by atoms with Gasteiger partial charge in [0.1, 0.15) is 12.4 Å². The van der Waals surface area contributed by atoms with Crippen LogP contribution in [0.5, 0.6) is 0 Å². The van der Waals surface area contributed by atoms with Crippen LogP contribution < -0.4 is 5.32 Å². The van der Waals surface area contributed by atoms with Gasteiger partial charge in [0.05, 0.1) is 22.4 Å². The number of alkyl halides is 3. The van der Waals surface area contributed by atoms with E-state index in [1.807, 2.05) is 12.1 Å². The SMILES string of the molecule is CCN(CC)CCC1(OCc2nc(Nc3ccc(C(C)(C)C)cc3)c3ccc(-c4ncccc4C(F)(F)F)cc3n2)CC1. The second kappa shape index (κ2) is 12.2. The summed E-state index contributed by atoms with van der Waals surface area (Å²) in [6.07, 6.45) is -0.222. The molecule has 0 spiro atoms.